The molecule has 1 aromatic carbocycles. The molecule has 0 amide bonds. The predicted molar refractivity (Wildman–Crippen MR) is 114 cm³/mol. The van der Waals surface area contributed by atoms with Crippen molar-refractivity contribution < 1.29 is 4.74 Å². The number of hydrogen-bond acceptors (Lipinski definition) is 4. The number of benzene rings is 1. The summed E-state index contributed by atoms with van der Waals surface area (Å²) in [7, 11) is 1.89. The highest BCUT2D eigenvalue weighted by Gasteiger charge is 2.19. The number of nitrogens with one attached hydrogen (secondary N) is 2. The second-order valence-corrected chi connectivity index (χ2v) is 7.13. The van der Waals surface area contributed by atoms with Gasteiger partial charge in [0, 0.05) is 40.1 Å². The van der Waals surface area contributed by atoms with E-state index in [2.05, 4.69) is 20.3 Å². The standard InChI is InChI=1S/C21H18Cl2N4O/c1-24-7-8-28-18-12-25-6-4-16(18)20-19(13-9-14(22)11-15(23)10-13)21-17(27-20)3-2-5-26-21/h2-6,9-12,24,27H,7-8H2,1H3. The summed E-state index contributed by atoms with van der Waals surface area (Å²) in [5, 5.41) is 4.21. The van der Waals surface area contributed by atoms with E-state index in [1.807, 2.05) is 37.4 Å². The van der Waals surface area contributed by atoms with Crippen LogP contribution in [0.25, 0.3) is 33.4 Å². The van der Waals surface area contributed by atoms with Gasteiger partial charge in [-0.25, -0.2) is 0 Å². The number of nitrogens with zero attached hydrogens (tertiary/aromatic N) is 2. The summed E-state index contributed by atoms with van der Waals surface area (Å²) in [5.41, 5.74) is 5.35. The van der Waals surface area contributed by atoms with E-state index in [-0.39, 0.29) is 0 Å². The van der Waals surface area contributed by atoms with Gasteiger partial charge in [0.1, 0.15) is 12.4 Å². The molecule has 142 valence electrons. The molecule has 0 atom stereocenters. The van der Waals surface area contributed by atoms with Crippen molar-refractivity contribution in [3.63, 3.8) is 0 Å². The van der Waals surface area contributed by atoms with Crippen molar-refractivity contribution in [3.05, 3.63) is 65.0 Å². The molecule has 0 spiro atoms. The fourth-order valence-corrected chi connectivity index (χ4v) is 3.69. The molecule has 5 nitrogen and oxygen atoms in total. The summed E-state index contributed by atoms with van der Waals surface area (Å²) in [5.74, 6) is 0.693. The van der Waals surface area contributed by atoms with Crippen LogP contribution in [0.5, 0.6) is 5.75 Å². The molecule has 3 aromatic heterocycles. The maximum Gasteiger partial charge on any atom is 0.146 e. The molecule has 0 aliphatic rings. The first-order valence-electron chi connectivity index (χ1n) is 8.82. The Kier molecular flexibility index (Phi) is 5.48. The smallest absolute Gasteiger partial charge is 0.146 e. The second-order valence-electron chi connectivity index (χ2n) is 6.26. The molecular formula is C21H18Cl2N4O. The van der Waals surface area contributed by atoms with Gasteiger partial charge in [-0.05, 0) is 49.0 Å². The van der Waals surface area contributed by atoms with E-state index in [0.717, 1.165) is 40.0 Å². The number of H-pyrrole nitrogens is 1. The van der Waals surface area contributed by atoms with Crippen LogP contribution in [-0.2, 0) is 0 Å². The SMILES string of the molecule is CNCCOc1cnccc1-c1[nH]c2cccnc2c1-c1cc(Cl)cc(Cl)c1. The Balaban J connectivity index is 1.94. The van der Waals surface area contributed by atoms with Gasteiger partial charge < -0.3 is 15.0 Å². The van der Waals surface area contributed by atoms with Crippen LogP contribution in [0.3, 0.4) is 0 Å². The Morgan fingerprint density at radius 2 is 1.93 bits per heavy atom. The van der Waals surface area contributed by atoms with Gasteiger partial charge in [-0.3, -0.25) is 9.97 Å². The summed E-state index contributed by atoms with van der Waals surface area (Å²) < 4.78 is 5.95. The quantitative estimate of drug-likeness (QED) is 0.427. The third kappa shape index (κ3) is 3.69. The van der Waals surface area contributed by atoms with Crippen LogP contribution < -0.4 is 10.1 Å². The van der Waals surface area contributed by atoms with E-state index < -0.39 is 0 Å². The highest BCUT2D eigenvalue weighted by atomic mass is 35.5. The summed E-state index contributed by atoms with van der Waals surface area (Å²) in [6.07, 6.45) is 5.24. The van der Waals surface area contributed by atoms with Crippen molar-refractivity contribution in [2.45, 2.75) is 0 Å². The van der Waals surface area contributed by atoms with E-state index in [9.17, 15) is 0 Å². The number of pyridine rings is 2. The molecular weight excluding hydrogens is 395 g/mol. The number of fused-ring (bicyclic) bond motifs is 1. The highest BCUT2D eigenvalue weighted by Crippen LogP contribution is 2.41. The number of halogens is 2. The molecule has 0 unspecified atom stereocenters. The van der Waals surface area contributed by atoms with Gasteiger partial charge in [0.15, 0.2) is 0 Å². The second kappa shape index (κ2) is 8.19. The third-order valence-corrected chi connectivity index (χ3v) is 4.81. The zero-order chi connectivity index (χ0) is 19.5. The molecule has 0 saturated carbocycles. The van der Waals surface area contributed by atoms with E-state index in [1.165, 1.54) is 0 Å². The maximum atomic E-state index is 6.28. The first-order chi connectivity index (χ1) is 13.7. The maximum absolute atomic E-state index is 6.28. The Morgan fingerprint density at radius 3 is 2.71 bits per heavy atom. The summed E-state index contributed by atoms with van der Waals surface area (Å²) >= 11 is 12.6. The fraction of sp³-hybridized carbons (Fsp3) is 0.143. The third-order valence-electron chi connectivity index (χ3n) is 4.37. The monoisotopic (exact) mass is 412 g/mol. The Labute approximate surface area is 172 Å². The van der Waals surface area contributed by atoms with Crippen LogP contribution in [0.1, 0.15) is 0 Å². The predicted octanol–water partition coefficient (Wildman–Crippen LogP) is 5.20. The number of ether oxygens (including phenoxy) is 1. The van der Waals surface area contributed by atoms with Crippen molar-refractivity contribution in [1.29, 1.82) is 0 Å². The van der Waals surface area contributed by atoms with Crippen molar-refractivity contribution in [1.82, 2.24) is 20.3 Å². The first-order valence-corrected chi connectivity index (χ1v) is 9.58. The molecule has 0 aliphatic carbocycles. The fourth-order valence-electron chi connectivity index (χ4n) is 3.17. The topological polar surface area (TPSA) is 62.8 Å². The molecule has 28 heavy (non-hydrogen) atoms. The molecule has 0 radical (unpaired) electrons. The lowest BCUT2D eigenvalue weighted by Crippen LogP contribution is -2.16. The minimum absolute atomic E-state index is 0.534. The van der Waals surface area contributed by atoms with Crippen molar-refractivity contribution in [2.24, 2.45) is 0 Å². The molecule has 0 bridgehead atoms. The van der Waals surface area contributed by atoms with Gasteiger partial charge in [-0.1, -0.05) is 23.2 Å². The first kappa shape index (κ1) is 18.7. The van der Waals surface area contributed by atoms with Crippen molar-refractivity contribution >= 4 is 34.2 Å². The zero-order valence-electron chi connectivity index (χ0n) is 15.2. The number of likely N-dealkylation sites (N-methyl/N-ethyl adjacent to an activating group) is 1. The molecule has 0 aliphatic heterocycles. The van der Waals surface area contributed by atoms with Gasteiger partial charge in [0.05, 0.1) is 22.9 Å². The van der Waals surface area contributed by atoms with Crippen LogP contribution in [0.15, 0.2) is 55.0 Å². The molecule has 3 heterocycles. The van der Waals surface area contributed by atoms with Crippen LogP contribution in [0.2, 0.25) is 10.0 Å². The molecule has 7 heteroatoms. The van der Waals surface area contributed by atoms with Crippen LogP contribution in [0.4, 0.5) is 0 Å². The van der Waals surface area contributed by atoms with E-state index >= 15 is 0 Å². The molecule has 0 fully saturated rings. The Bertz CT molecular complexity index is 1110. The van der Waals surface area contributed by atoms with Crippen molar-refractivity contribution in [2.75, 3.05) is 20.2 Å². The van der Waals surface area contributed by atoms with Gasteiger partial charge in [0.2, 0.25) is 0 Å². The lowest BCUT2D eigenvalue weighted by molar-refractivity contribution is 0.318. The highest BCUT2D eigenvalue weighted by molar-refractivity contribution is 6.35. The van der Waals surface area contributed by atoms with E-state index in [4.69, 9.17) is 27.9 Å². The number of aromatic nitrogens is 3. The molecule has 0 saturated heterocycles. The average Bonchev–Trinajstić information content (AvgIpc) is 3.07. The van der Waals surface area contributed by atoms with Gasteiger partial charge >= 0.3 is 0 Å². The van der Waals surface area contributed by atoms with Gasteiger partial charge in [0.25, 0.3) is 0 Å². The van der Waals surface area contributed by atoms with Crippen LogP contribution in [-0.4, -0.2) is 35.2 Å². The van der Waals surface area contributed by atoms with Crippen molar-refractivity contribution in [3.8, 4) is 28.1 Å². The minimum Gasteiger partial charge on any atom is -0.490 e. The number of hydrogen-bond donors (Lipinski definition) is 2. The average molecular weight is 413 g/mol. The largest absolute Gasteiger partial charge is 0.490 e. The number of aromatic amines is 1. The molecule has 4 rings (SSSR count). The minimum atomic E-state index is 0.534. The van der Waals surface area contributed by atoms with Crippen LogP contribution >= 0.6 is 23.2 Å². The molecule has 2 N–H and O–H groups in total. The zero-order valence-corrected chi connectivity index (χ0v) is 16.7. The van der Waals surface area contributed by atoms with Crippen LogP contribution in [0, 0.1) is 0 Å². The summed E-state index contributed by atoms with van der Waals surface area (Å²) in [6.45, 7) is 1.27. The lowest BCUT2D eigenvalue weighted by Gasteiger charge is -2.12. The lowest BCUT2D eigenvalue weighted by atomic mass is 10.0. The molecule has 4 aromatic rings. The Hall–Kier alpha value is -2.60. The normalized spacial score (nSPS) is 11.1. The van der Waals surface area contributed by atoms with Gasteiger partial charge in [-0.2, -0.15) is 0 Å². The van der Waals surface area contributed by atoms with E-state index in [1.54, 1.807) is 24.7 Å². The summed E-state index contributed by atoms with van der Waals surface area (Å²) in [4.78, 5) is 12.3. The summed E-state index contributed by atoms with van der Waals surface area (Å²) in [6, 6.07) is 11.3. The number of rotatable bonds is 6. The van der Waals surface area contributed by atoms with Gasteiger partial charge in [-0.15, -0.1) is 0 Å². The van der Waals surface area contributed by atoms with E-state index in [0.29, 0.717) is 22.4 Å². The Morgan fingerprint density at radius 1 is 1.11 bits per heavy atom.